The first kappa shape index (κ1) is 19.9. The Morgan fingerprint density at radius 3 is 1.97 bits per heavy atom. The van der Waals surface area contributed by atoms with Crippen molar-refractivity contribution in [1.29, 1.82) is 0 Å². The van der Waals surface area contributed by atoms with Gasteiger partial charge in [0.1, 0.15) is 6.29 Å². The van der Waals surface area contributed by atoms with E-state index in [4.69, 9.17) is 0 Å². The van der Waals surface area contributed by atoms with Crippen LogP contribution in [0.15, 0.2) is 54.6 Å². The number of unbranched alkanes of at least 4 members (excludes halogenated alkanes) is 7. The molecular weight excluding hydrogens is 352 g/mol. The van der Waals surface area contributed by atoms with E-state index in [1.165, 1.54) is 89.1 Å². The molecule has 0 aliphatic rings. The molecule has 0 saturated heterocycles. The van der Waals surface area contributed by atoms with E-state index in [-0.39, 0.29) is 5.92 Å². The van der Waals surface area contributed by atoms with Gasteiger partial charge in [-0.25, -0.2) is 0 Å². The average molecular weight is 385 g/mol. The van der Waals surface area contributed by atoms with Crippen LogP contribution in [0.5, 0.6) is 0 Å². The van der Waals surface area contributed by atoms with E-state index in [0.717, 1.165) is 12.8 Å². The molecule has 0 aliphatic heterocycles. The van der Waals surface area contributed by atoms with Crippen molar-refractivity contribution in [3.8, 4) is 0 Å². The second kappa shape index (κ2) is 9.39. The number of hydrogen-bond acceptors (Lipinski definition) is 1. The van der Waals surface area contributed by atoms with Gasteiger partial charge >= 0.3 is 0 Å². The molecule has 0 aliphatic carbocycles. The van der Waals surface area contributed by atoms with E-state index in [2.05, 4.69) is 61.5 Å². The van der Waals surface area contributed by atoms with Crippen LogP contribution in [0.2, 0.25) is 0 Å². The van der Waals surface area contributed by atoms with E-state index >= 15 is 0 Å². The van der Waals surface area contributed by atoms with Crippen molar-refractivity contribution in [2.24, 2.45) is 0 Å². The number of aldehydes is 1. The molecule has 1 heteroatoms. The van der Waals surface area contributed by atoms with Crippen molar-refractivity contribution in [3.63, 3.8) is 0 Å². The molecule has 29 heavy (non-hydrogen) atoms. The molecule has 0 bridgehead atoms. The first-order chi connectivity index (χ1) is 14.3. The Morgan fingerprint density at radius 2 is 1.28 bits per heavy atom. The summed E-state index contributed by atoms with van der Waals surface area (Å²) in [7, 11) is 0. The van der Waals surface area contributed by atoms with Gasteiger partial charge in [0.15, 0.2) is 0 Å². The third kappa shape index (κ3) is 4.15. The second-order valence-corrected chi connectivity index (χ2v) is 8.52. The summed E-state index contributed by atoms with van der Waals surface area (Å²) in [6.45, 7) is 2.26. The van der Waals surface area contributed by atoms with Gasteiger partial charge in [-0.15, -0.1) is 0 Å². The summed E-state index contributed by atoms with van der Waals surface area (Å²) in [4.78, 5) is 12.0. The highest BCUT2D eigenvalue weighted by Crippen LogP contribution is 2.38. The zero-order chi connectivity index (χ0) is 20.1. The van der Waals surface area contributed by atoms with Crippen molar-refractivity contribution in [2.75, 3.05) is 0 Å². The number of carbonyl (C=O) groups excluding carboxylic acids is 1. The Morgan fingerprint density at radius 1 is 0.690 bits per heavy atom. The molecule has 150 valence electrons. The molecule has 1 unspecified atom stereocenters. The Hall–Kier alpha value is -2.41. The van der Waals surface area contributed by atoms with Crippen molar-refractivity contribution in [1.82, 2.24) is 0 Å². The van der Waals surface area contributed by atoms with Crippen LogP contribution in [0.25, 0.3) is 32.3 Å². The first-order valence-electron chi connectivity index (χ1n) is 11.4. The predicted molar refractivity (Wildman–Crippen MR) is 126 cm³/mol. The predicted octanol–water partition coefficient (Wildman–Crippen LogP) is 8.40. The number of carbonyl (C=O) groups is 1. The maximum absolute atomic E-state index is 12.0. The Balaban J connectivity index is 1.52. The van der Waals surface area contributed by atoms with Crippen LogP contribution in [0.4, 0.5) is 0 Å². The van der Waals surface area contributed by atoms with Gasteiger partial charge in [-0.2, -0.15) is 0 Å². The summed E-state index contributed by atoms with van der Waals surface area (Å²) in [6, 6.07) is 19.7. The van der Waals surface area contributed by atoms with Gasteiger partial charge in [0.2, 0.25) is 0 Å². The SMILES string of the molecule is CCCCCCCCCCC(C=O)c1ccc2ccc3cccc4ccc1c2c34. The molecule has 0 saturated carbocycles. The molecule has 0 fully saturated rings. The molecular formula is C28H32O. The van der Waals surface area contributed by atoms with E-state index in [1.807, 2.05) is 0 Å². The highest BCUT2D eigenvalue weighted by Gasteiger charge is 2.16. The molecule has 1 atom stereocenters. The lowest BCUT2D eigenvalue weighted by Crippen LogP contribution is -2.02. The summed E-state index contributed by atoms with van der Waals surface area (Å²) in [5.74, 6) is -0.000315. The summed E-state index contributed by atoms with van der Waals surface area (Å²) >= 11 is 0. The number of benzene rings is 4. The maximum atomic E-state index is 12.0. The highest BCUT2D eigenvalue weighted by atomic mass is 16.1. The number of rotatable bonds is 11. The fourth-order valence-electron chi connectivity index (χ4n) is 4.88. The van der Waals surface area contributed by atoms with Crippen molar-refractivity contribution in [3.05, 3.63) is 60.2 Å². The van der Waals surface area contributed by atoms with E-state index in [9.17, 15) is 4.79 Å². The van der Waals surface area contributed by atoms with E-state index in [0.29, 0.717) is 0 Å². The summed E-state index contributed by atoms with van der Waals surface area (Å²) in [6.07, 6.45) is 12.5. The second-order valence-electron chi connectivity index (χ2n) is 8.52. The van der Waals surface area contributed by atoms with Crippen LogP contribution in [0.3, 0.4) is 0 Å². The molecule has 0 amide bonds. The van der Waals surface area contributed by atoms with E-state index < -0.39 is 0 Å². The fourth-order valence-corrected chi connectivity index (χ4v) is 4.88. The smallest absolute Gasteiger partial charge is 0.127 e. The zero-order valence-electron chi connectivity index (χ0n) is 17.6. The minimum absolute atomic E-state index is 0.000315. The third-order valence-electron chi connectivity index (χ3n) is 6.49. The minimum atomic E-state index is -0.000315. The maximum Gasteiger partial charge on any atom is 0.127 e. The van der Waals surface area contributed by atoms with Gasteiger partial charge in [0.25, 0.3) is 0 Å². The Kier molecular flexibility index (Phi) is 6.44. The average Bonchev–Trinajstić information content (AvgIpc) is 2.77. The van der Waals surface area contributed by atoms with Crippen molar-refractivity contribution >= 4 is 38.6 Å². The minimum Gasteiger partial charge on any atom is -0.303 e. The third-order valence-corrected chi connectivity index (χ3v) is 6.49. The van der Waals surface area contributed by atoms with Crippen LogP contribution < -0.4 is 0 Å². The molecule has 4 aromatic rings. The van der Waals surface area contributed by atoms with E-state index in [1.54, 1.807) is 0 Å². The summed E-state index contributed by atoms with van der Waals surface area (Å²) in [5.41, 5.74) is 1.20. The zero-order valence-corrected chi connectivity index (χ0v) is 17.6. The summed E-state index contributed by atoms with van der Waals surface area (Å²) < 4.78 is 0. The van der Waals surface area contributed by atoms with Gasteiger partial charge < -0.3 is 4.79 Å². The van der Waals surface area contributed by atoms with Crippen LogP contribution in [0, 0.1) is 0 Å². The van der Waals surface area contributed by atoms with Gasteiger partial charge in [0.05, 0.1) is 0 Å². The van der Waals surface area contributed by atoms with Crippen LogP contribution in [-0.2, 0) is 4.79 Å². The number of hydrogen-bond donors (Lipinski definition) is 0. The van der Waals surface area contributed by atoms with Gasteiger partial charge in [-0.1, -0.05) is 113 Å². The highest BCUT2D eigenvalue weighted by molar-refractivity contribution is 6.23. The monoisotopic (exact) mass is 384 g/mol. The summed E-state index contributed by atoms with van der Waals surface area (Å²) in [5, 5.41) is 7.74. The first-order valence-corrected chi connectivity index (χ1v) is 11.4. The Labute approximate surface area is 174 Å². The Bertz CT molecular complexity index is 1060. The topological polar surface area (TPSA) is 17.1 Å². The molecule has 4 rings (SSSR count). The van der Waals surface area contributed by atoms with Crippen LogP contribution in [0.1, 0.15) is 76.2 Å². The van der Waals surface area contributed by atoms with Crippen LogP contribution in [-0.4, -0.2) is 6.29 Å². The quantitative estimate of drug-likeness (QED) is 0.144. The van der Waals surface area contributed by atoms with Gasteiger partial charge in [-0.05, 0) is 44.3 Å². The normalized spacial score (nSPS) is 12.9. The van der Waals surface area contributed by atoms with Gasteiger partial charge in [-0.3, -0.25) is 0 Å². The molecule has 4 aromatic carbocycles. The molecule has 0 N–H and O–H groups in total. The molecule has 0 radical (unpaired) electrons. The fraction of sp³-hybridized carbons (Fsp3) is 0.393. The largest absolute Gasteiger partial charge is 0.303 e. The standard InChI is InChI=1S/C28H32O/c1-2-3-4-5-6-7-8-9-11-24(20-29)25-18-16-23-15-14-21-12-10-13-22-17-19-26(25)28(23)27(21)22/h10,12-20,24H,2-9,11H2,1H3. The van der Waals surface area contributed by atoms with Gasteiger partial charge in [0, 0.05) is 5.92 Å². The lowest BCUT2D eigenvalue weighted by Gasteiger charge is -2.17. The lowest BCUT2D eigenvalue weighted by atomic mass is 9.86. The molecule has 0 spiro atoms. The van der Waals surface area contributed by atoms with Crippen molar-refractivity contribution < 1.29 is 4.79 Å². The van der Waals surface area contributed by atoms with Crippen LogP contribution >= 0.6 is 0 Å². The van der Waals surface area contributed by atoms with Crippen molar-refractivity contribution in [2.45, 2.75) is 70.6 Å². The molecule has 1 nitrogen and oxygen atoms in total. The molecule has 0 heterocycles. The lowest BCUT2D eigenvalue weighted by molar-refractivity contribution is -0.109. The molecule has 0 aromatic heterocycles.